The average Bonchev–Trinajstić information content (AvgIpc) is 2.65. The van der Waals surface area contributed by atoms with Crippen molar-refractivity contribution in [1.29, 1.82) is 0 Å². The van der Waals surface area contributed by atoms with Crippen molar-refractivity contribution < 1.29 is 4.74 Å². The van der Waals surface area contributed by atoms with Crippen LogP contribution in [0.1, 0.15) is 31.2 Å². The third-order valence-corrected chi connectivity index (χ3v) is 5.63. The lowest BCUT2D eigenvalue weighted by atomic mass is 9.67. The number of aliphatic imine (C=N–C) groups is 1. The molecule has 3 rings (SSSR count). The van der Waals surface area contributed by atoms with Gasteiger partial charge in [-0.15, -0.1) is 24.0 Å². The van der Waals surface area contributed by atoms with Crippen molar-refractivity contribution in [2.75, 3.05) is 33.9 Å². The highest BCUT2D eigenvalue weighted by atomic mass is 127. The Bertz CT molecular complexity index is 743. The van der Waals surface area contributed by atoms with E-state index in [2.05, 4.69) is 58.1 Å². The van der Waals surface area contributed by atoms with Crippen molar-refractivity contribution in [3.05, 3.63) is 48.0 Å². The molecule has 4 nitrogen and oxygen atoms in total. The van der Waals surface area contributed by atoms with Crippen LogP contribution in [0.25, 0.3) is 10.8 Å². The number of nitrogens with one attached hydrogen (secondary N) is 2. The van der Waals surface area contributed by atoms with Crippen LogP contribution < -0.4 is 10.6 Å². The van der Waals surface area contributed by atoms with E-state index < -0.39 is 0 Å². The molecule has 148 valence electrons. The highest BCUT2D eigenvalue weighted by Crippen LogP contribution is 2.43. The summed E-state index contributed by atoms with van der Waals surface area (Å²) in [6.07, 6.45) is 6.03. The number of nitrogens with zero attached hydrogens (tertiary/aromatic N) is 1. The van der Waals surface area contributed by atoms with E-state index in [9.17, 15) is 0 Å². The molecule has 27 heavy (non-hydrogen) atoms. The molecule has 1 saturated carbocycles. The Morgan fingerprint density at radius 2 is 1.89 bits per heavy atom. The van der Waals surface area contributed by atoms with E-state index >= 15 is 0 Å². The molecule has 0 aromatic heterocycles. The SMILES string of the molecule is CN=C(NCCc1ccc2ccccc2c1)NCC1(CCOC)CCC1.I. The van der Waals surface area contributed by atoms with E-state index in [-0.39, 0.29) is 24.0 Å². The Morgan fingerprint density at radius 1 is 1.11 bits per heavy atom. The van der Waals surface area contributed by atoms with E-state index in [1.54, 1.807) is 7.11 Å². The van der Waals surface area contributed by atoms with E-state index in [4.69, 9.17) is 4.74 Å². The average molecular weight is 481 g/mol. The molecule has 0 amide bonds. The van der Waals surface area contributed by atoms with Gasteiger partial charge in [-0.3, -0.25) is 4.99 Å². The fraction of sp³-hybridized carbons (Fsp3) is 0.500. The second-order valence-electron chi connectivity index (χ2n) is 7.38. The van der Waals surface area contributed by atoms with Crippen molar-refractivity contribution in [2.45, 2.75) is 32.1 Å². The quantitative estimate of drug-likeness (QED) is 0.335. The maximum Gasteiger partial charge on any atom is 0.191 e. The van der Waals surface area contributed by atoms with Gasteiger partial charge in [0.2, 0.25) is 0 Å². The van der Waals surface area contributed by atoms with Gasteiger partial charge in [0.1, 0.15) is 0 Å². The minimum Gasteiger partial charge on any atom is -0.385 e. The number of hydrogen-bond donors (Lipinski definition) is 2. The Morgan fingerprint density at radius 3 is 2.56 bits per heavy atom. The molecular weight excluding hydrogens is 449 g/mol. The first-order valence-electron chi connectivity index (χ1n) is 9.66. The summed E-state index contributed by atoms with van der Waals surface area (Å²) < 4.78 is 5.28. The van der Waals surface area contributed by atoms with Crippen LogP contribution in [0.4, 0.5) is 0 Å². The van der Waals surface area contributed by atoms with Gasteiger partial charge in [0.25, 0.3) is 0 Å². The summed E-state index contributed by atoms with van der Waals surface area (Å²) in [6, 6.07) is 15.2. The number of guanidine groups is 1. The summed E-state index contributed by atoms with van der Waals surface area (Å²) in [5.74, 6) is 0.898. The lowest BCUT2D eigenvalue weighted by Gasteiger charge is -2.42. The maximum atomic E-state index is 5.28. The minimum absolute atomic E-state index is 0. The Hall–Kier alpha value is -1.34. The van der Waals surface area contributed by atoms with Gasteiger partial charge in [0, 0.05) is 33.9 Å². The Balaban J connectivity index is 0.00000261. The smallest absolute Gasteiger partial charge is 0.191 e. The molecule has 0 heterocycles. The summed E-state index contributed by atoms with van der Waals surface area (Å²) in [7, 11) is 3.63. The summed E-state index contributed by atoms with van der Waals surface area (Å²) in [6.45, 7) is 2.70. The molecule has 2 aromatic carbocycles. The number of fused-ring (bicyclic) bond motifs is 1. The molecule has 0 atom stereocenters. The monoisotopic (exact) mass is 481 g/mol. The number of ether oxygens (including phenoxy) is 1. The minimum atomic E-state index is 0. The predicted octanol–water partition coefficient (Wildman–Crippen LogP) is 4.37. The zero-order valence-corrected chi connectivity index (χ0v) is 18.8. The number of rotatable bonds is 8. The molecule has 0 radical (unpaired) electrons. The normalized spacial score (nSPS) is 15.7. The third-order valence-electron chi connectivity index (χ3n) is 5.63. The van der Waals surface area contributed by atoms with Gasteiger partial charge < -0.3 is 15.4 Å². The first kappa shape index (κ1) is 22.0. The second kappa shape index (κ2) is 10.9. The molecule has 0 unspecified atom stereocenters. The maximum absolute atomic E-state index is 5.28. The summed E-state index contributed by atoms with van der Waals surface area (Å²) >= 11 is 0. The third kappa shape index (κ3) is 6.07. The Kier molecular flexibility index (Phi) is 8.83. The number of methoxy groups -OCH3 is 1. The van der Waals surface area contributed by atoms with Crippen LogP contribution >= 0.6 is 24.0 Å². The van der Waals surface area contributed by atoms with Crippen molar-refractivity contribution in [1.82, 2.24) is 10.6 Å². The first-order valence-corrected chi connectivity index (χ1v) is 9.66. The molecule has 0 spiro atoms. The number of benzene rings is 2. The standard InChI is InChI=1S/C22H31N3O.HI/c1-23-21(25-17-22(11-5-12-22)13-15-26-2)24-14-10-18-8-9-19-6-3-4-7-20(19)16-18;/h3-4,6-9,16H,5,10-15,17H2,1-2H3,(H2,23,24,25);1H. The second-order valence-corrected chi connectivity index (χ2v) is 7.38. The fourth-order valence-electron chi connectivity index (χ4n) is 3.72. The molecule has 0 aliphatic heterocycles. The number of hydrogen-bond acceptors (Lipinski definition) is 2. The summed E-state index contributed by atoms with van der Waals surface area (Å²) in [4.78, 5) is 4.37. The zero-order chi connectivity index (χ0) is 18.2. The molecular formula is C22H32IN3O. The van der Waals surface area contributed by atoms with Gasteiger partial charge in [-0.2, -0.15) is 0 Å². The largest absolute Gasteiger partial charge is 0.385 e. The van der Waals surface area contributed by atoms with E-state index in [0.717, 1.165) is 38.5 Å². The fourth-order valence-corrected chi connectivity index (χ4v) is 3.72. The van der Waals surface area contributed by atoms with Crippen LogP contribution in [0.2, 0.25) is 0 Å². The van der Waals surface area contributed by atoms with Gasteiger partial charge in [0.05, 0.1) is 0 Å². The van der Waals surface area contributed by atoms with Gasteiger partial charge in [-0.05, 0) is 47.4 Å². The molecule has 0 saturated heterocycles. The summed E-state index contributed by atoms with van der Waals surface area (Å²) in [5, 5.41) is 9.57. The van der Waals surface area contributed by atoms with Gasteiger partial charge >= 0.3 is 0 Å². The van der Waals surface area contributed by atoms with Crippen LogP contribution in [0.5, 0.6) is 0 Å². The first-order chi connectivity index (χ1) is 12.7. The summed E-state index contributed by atoms with van der Waals surface area (Å²) in [5.41, 5.74) is 1.74. The van der Waals surface area contributed by atoms with Gasteiger partial charge in [-0.25, -0.2) is 0 Å². The van der Waals surface area contributed by atoms with Gasteiger partial charge in [-0.1, -0.05) is 48.9 Å². The predicted molar refractivity (Wildman–Crippen MR) is 125 cm³/mol. The molecule has 5 heteroatoms. The lowest BCUT2D eigenvalue weighted by Crippen LogP contribution is -2.47. The molecule has 1 aliphatic rings. The number of halogens is 1. The van der Waals surface area contributed by atoms with Crippen molar-refractivity contribution in [2.24, 2.45) is 10.4 Å². The van der Waals surface area contributed by atoms with Crippen LogP contribution in [0.3, 0.4) is 0 Å². The molecule has 0 bridgehead atoms. The molecule has 1 aliphatic carbocycles. The van der Waals surface area contributed by atoms with Crippen molar-refractivity contribution in [3.63, 3.8) is 0 Å². The zero-order valence-electron chi connectivity index (χ0n) is 16.5. The van der Waals surface area contributed by atoms with Crippen molar-refractivity contribution >= 4 is 40.7 Å². The molecule has 2 N–H and O–H groups in total. The highest BCUT2D eigenvalue weighted by Gasteiger charge is 2.36. The van der Waals surface area contributed by atoms with E-state index in [0.29, 0.717) is 5.41 Å². The lowest BCUT2D eigenvalue weighted by molar-refractivity contribution is 0.0732. The topological polar surface area (TPSA) is 45.7 Å². The van der Waals surface area contributed by atoms with E-state index in [1.165, 1.54) is 35.6 Å². The van der Waals surface area contributed by atoms with E-state index in [1.807, 2.05) is 7.05 Å². The van der Waals surface area contributed by atoms with Crippen molar-refractivity contribution in [3.8, 4) is 0 Å². The van der Waals surface area contributed by atoms with Gasteiger partial charge in [0.15, 0.2) is 5.96 Å². The molecule has 2 aromatic rings. The van der Waals surface area contributed by atoms with Crippen LogP contribution in [0.15, 0.2) is 47.5 Å². The van der Waals surface area contributed by atoms with Crippen LogP contribution in [-0.2, 0) is 11.2 Å². The van der Waals surface area contributed by atoms with Crippen LogP contribution in [-0.4, -0.2) is 39.8 Å². The highest BCUT2D eigenvalue weighted by molar-refractivity contribution is 14.0. The van der Waals surface area contributed by atoms with Crippen LogP contribution in [0, 0.1) is 5.41 Å². The Labute approximate surface area is 180 Å². The molecule has 1 fully saturated rings.